The van der Waals surface area contributed by atoms with E-state index in [4.69, 9.17) is 16.1 Å². The molecule has 0 aromatic carbocycles. The Bertz CT molecular complexity index is 912. The van der Waals surface area contributed by atoms with Crippen LogP contribution in [-0.2, 0) is 24.1 Å². The summed E-state index contributed by atoms with van der Waals surface area (Å²) in [4.78, 5) is 24.8. The van der Waals surface area contributed by atoms with E-state index in [0.717, 1.165) is 42.4 Å². The molecule has 2 aromatic rings. The highest BCUT2D eigenvalue weighted by Crippen LogP contribution is 2.33. The molecule has 0 aliphatic heterocycles. The molecule has 0 saturated carbocycles. The molecule has 0 amide bonds. The molecule has 1 atom stereocenters. The quantitative estimate of drug-likeness (QED) is 0.459. The molecular weight excluding hydrogens is 386 g/mol. The molecule has 2 aromatic heterocycles. The van der Waals surface area contributed by atoms with Crippen LogP contribution in [0.2, 0.25) is 0 Å². The molecule has 7 heteroatoms. The fraction of sp³-hybridized carbons (Fsp3) is 0.636. The number of fused-ring (bicyclic) bond motifs is 3. The highest BCUT2D eigenvalue weighted by Gasteiger charge is 2.21. The lowest BCUT2D eigenvalue weighted by Gasteiger charge is -2.25. The highest BCUT2D eigenvalue weighted by molar-refractivity contribution is 7.18. The van der Waals surface area contributed by atoms with Crippen molar-refractivity contribution in [3.05, 3.63) is 26.6 Å². The SMILES string of the molecule is C#CCOCC(O)CN(CCC(C)C)Cc1nc2sc3c(c2c(=O)[nH]1)CCCC3. The zero-order valence-corrected chi connectivity index (χ0v) is 18.2. The van der Waals surface area contributed by atoms with Gasteiger partial charge in [0.05, 0.1) is 24.6 Å². The first-order valence-corrected chi connectivity index (χ1v) is 11.2. The topological polar surface area (TPSA) is 78.5 Å². The van der Waals surface area contributed by atoms with Crippen molar-refractivity contribution in [2.75, 3.05) is 26.3 Å². The van der Waals surface area contributed by atoms with Gasteiger partial charge in [0, 0.05) is 11.4 Å². The highest BCUT2D eigenvalue weighted by atomic mass is 32.1. The van der Waals surface area contributed by atoms with Gasteiger partial charge in [0.25, 0.3) is 5.56 Å². The summed E-state index contributed by atoms with van der Waals surface area (Å²) in [5.41, 5.74) is 1.17. The van der Waals surface area contributed by atoms with Crippen molar-refractivity contribution in [1.29, 1.82) is 0 Å². The summed E-state index contributed by atoms with van der Waals surface area (Å²) < 4.78 is 5.26. The first-order valence-electron chi connectivity index (χ1n) is 10.4. The van der Waals surface area contributed by atoms with Gasteiger partial charge in [-0.3, -0.25) is 9.69 Å². The lowest BCUT2D eigenvalue weighted by molar-refractivity contribution is 0.0247. The Morgan fingerprint density at radius 3 is 2.93 bits per heavy atom. The second-order valence-corrected chi connectivity index (χ2v) is 9.28. The van der Waals surface area contributed by atoms with E-state index in [1.807, 2.05) is 0 Å². The molecule has 2 heterocycles. The third-order valence-corrected chi connectivity index (χ3v) is 6.42. The van der Waals surface area contributed by atoms with E-state index in [2.05, 4.69) is 29.7 Å². The number of aromatic nitrogens is 2. The predicted molar refractivity (Wildman–Crippen MR) is 117 cm³/mol. The van der Waals surface area contributed by atoms with E-state index in [1.54, 1.807) is 11.3 Å². The largest absolute Gasteiger partial charge is 0.389 e. The zero-order valence-electron chi connectivity index (χ0n) is 17.4. The number of thiophene rings is 1. The lowest BCUT2D eigenvalue weighted by Crippen LogP contribution is -2.36. The summed E-state index contributed by atoms with van der Waals surface area (Å²) in [5, 5.41) is 11.1. The molecule has 29 heavy (non-hydrogen) atoms. The third-order valence-electron chi connectivity index (χ3n) is 5.23. The van der Waals surface area contributed by atoms with E-state index in [1.165, 1.54) is 16.9 Å². The molecule has 0 bridgehead atoms. The molecule has 0 fully saturated rings. The van der Waals surface area contributed by atoms with Gasteiger partial charge in [-0.25, -0.2) is 4.98 Å². The average Bonchev–Trinajstić information content (AvgIpc) is 3.05. The van der Waals surface area contributed by atoms with Crippen LogP contribution in [0.3, 0.4) is 0 Å². The van der Waals surface area contributed by atoms with Gasteiger partial charge in [-0.2, -0.15) is 0 Å². The predicted octanol–water partition coefficient (Wildman–Crippen LogP) is 2.72. The maximum atomic E-state index is 12.8. The Morgan fingerprint density at radius 2 is 2.17 bits per heavy atom. The number of rotatable bonds is 10. The standard InChI is InChI=1S/C22H31N3O3S/c1-4-11-28-14-16(26)12-25(10-9-15(2)3)13-19-23-21(27)20-17-7-5-6-8-18(17)29-22(20)24-19/h1,15-16,26H,5-14H2,2-3H3,(H,23,24,27). The number of hydrogen-bond donors (Lipinski definition) is 2. The molecule has 1 unspecified atom stereocenters. The molecule has 6 nitrogen and oxygen atoms in total. The van der Waals surface area contributed by atoms with E-state index >= 15 is 0 Å². The van der Waals surface area contributed by atoms with Gasteiger partial charge < -0.3 is 14.8 Å². The fourth-order valence-electron chi connectivity index (χ4n) is 3.78. The van der Waals surface area contributed by atoms with E-state index in [0.29, 0.717) is 24.8 Å². The lowest BCUT2D eigenvalue weighted by atomic mass is 9.97. The third kappa shape index (κ3) is 5.89. The van der Waals surface area contributed by atoms with Crippen LogP contribution in [0.1, 0.15) is 49.4 Å². The summed E-state index contributed by atoms with van der Waals surface area (Å²) >= 11 is 1.66. The fourth-order valence-corrected chi connectivity index (χ4v) is 5.06. The first kappa shape index (κ1) is 22.0. The van der Waals surface area contributed by atoms with Crippen molar-refractivity contribution in [2.24, 2.45) is 5.92 Å². The first-order chi connectivity index (χ1) is 14.0. The number of ether oxygens (including phenoxy) is 1. The van der Waals surface area contributed by atoms with Gasteiger partial charge in [-0.1, -0.05) is 19.8 Å². The van der Waals surface area contributed by atoms with Crippen LogP contribution in [-0.4, -0.2) is 52.4 Å². The van der Waals surface area contributed by atoms with Crippen LogP contribution < -0.4 is 5.56 Å². The van der Waals surface area contributed by atoms with Crippen LogP contribution in [0.5, 0.6) is 0 Å². The number of hydrogen-bond acceptors (Lipinski definition) is 6. The normalized spacial score (nSPS) is 15.0. The Hall–Kier alpha value is -1.72. The molecule has 0 spiro atoms. The van der Waals surface area contributed by atoms with Crippen molar-refractivity contribution in [1.82, 2.24) is 14.9 Å². The number of nitrogens with one attached hydrogen (secondary N) is 1. The maximum absolute atomic E-state index is 12.8. The van der Waals surface area contributed by atoms with Gasteiger partial charge in [-0.15, -0.1) is 17.8 Å². The van der Waals surface area contributed by atoms with Crippen LogP contribution in [0.15, 0.2) is 4.79 Å². The molecule has 0 radical (unpaired) electrons. The van der Waals surface area contributed by atoms with Crippen LogP contribution in [0.4, 0.5) is 0 Å². The minimum atomic E-state index is -0.639. The molecule has 3 rings (SSSR count). The Kier molecular flexibility index (Phi) is 7.84. The van der Waals surface area contributed by atoms with Gasteiger partial charge in [0.2, 0.25) is 0 Å². The number of nitrogens with zero attached hydrogens (tertiary/aromatic N) is 2. The van der Waals surface area contributed by atoms with E-state index in [-0.39, 0.29) is 18.8 Å². The summed E-state index contributed by atoms with van der Waals surface area (Å²) in [6.45, 7) is 6.49. The van der Waals surface area contributed by atoms with Crippen molar-refractivity contribution in [3.8, 4) is 12.3 Å². The molecule has 0 saturated heterocycles. The zero-order chi connectivity index (χ0) is 20.8. The van der Waals surface area contributed by atoms with Crippen molar-refractivity contribution in [3.63, 3.8) is 0 Å². The van der Waals surface area contributed by atoms with E-state index in [9.17, 15) is 9.90 Å². The number of H-pyrrole nitrogens is 1. The van der Waals surface area contributed by atoms with Crippen molar-refractivity contribution < 1.29 is 9.84 Å². The van der Waals surface area contributed by atoms with Gasteiger partial charge >= 0.3 is 0 Å². The second-order valence-electron chi connectivity index (χ2n) is 8.19. The van der Waals surface area contributed by atoms with Gasteiger partial charge in [-0.05, 0) is 50.1 Å². The van der Waals surface area contributed by atoms with E-state index < -0.39 is 6.10 Å². The number of terminal acetylenes is 1. The molecule has 1 aliphatic carbocycles. The summed E-state index contributed by atoms with van der Waals surface area (Å²) in [6, 6.07) is 0. The average molecular weight is 418 g/mol. The summed E-state index contributed by atoms with van der Waals surface area (Å²) in [7, 11) is 0. The Morgan fingerprint density at radius 1 is 1.38 bits per heavy atom. The monoisotopic (exact) mass is 417 g/mol. The number of aliphatic hydroxyl groups is 1. The molecule has 2 N–H and O–H groups in total. The molecule has 1 aliphatic rings. The minimum absolute atomic E-state index is 0.0360. The number of aromatic amines is 1. The summed E-state index contributed by atoms with van der Waals surface area (Å²) in [5.74, 6) is 3.61. The molecular formula is C22H31N3O3S. The van der Waals surface area contributed by atoms with Gasteiger partial charge in [0.1, 0.15) is 17.3 Å². The van der Waals surface area contributed by atoms with Crippen molar-refractivity contribution in [2.45, 2.75) is 58.6 Å². The van der Waals surface area contributed by atoms with Crippen LogP contribution in [0, 0.1) is 18.3 Å². The van der Waals surface area contributed by atoms with Crippen LogP contribution in [0.25, 0.3) is 10.2 Å². The Labute approximate surface area is 176 Å². The van der Waals surface area contributed by atoms with Crippen molar-refractivity contribution >= 4 is 21.6 Å². The smallest absolute Gasteiger partial charge is 0.259 e. The van der Waals surface area contributed by atoms with Crippen LogP contribution >= 0.6 is 11.3 Å². The number of aliphatic hydroxyl groups excluding tert-OH is 1. The second kappa shape index (κ2) is 10.4. The van der Waals surface area contributed by atoms with Gasteiger partial charge in [0.15, 0.2) is 0 Å². The maximum Gasteiger partial charge on any atom is 0.259 e. The summed E-state index contributed by atoms with van der Waals surface area (Å²) in [6.07, 6.45) is 9.90. The Balaban J connectivity index is 1.76. The minimum Gasteiger partial charge on any atom is -0.389 e. The number of aryl methyl sites for hydroxylation is 2. The molecule has 158 valence electrons.